The highest BCUT2D eigenvalue weighted by molar-refractivity contribution is 6.16. The van der Waals surface area contributed by atoms with Gasteiger partial charge in [-0.15, -0.1) is 0 Å². The van der Waals surface area contributed by atoms with Crippen LogP contribution in [0.1, 0.15) is 69.8 Å². The number of rotatable bonds is 2. The molecule has 3 aromatic carbocycles. The van der Waals surface area contributed by atoms with Crippen molar-refractivity contribution in [1.29, 1.82) is 0 Å². The number of fused-ring (bicyclic) bond motifs is 4. The lowest BCUT2D eigenvalue weighted by molar-refractivity contribution is -0.659. The van der Waals surface area contributed by atoms with Gasteiger partial charge < -0.3 is 4.57 Å². The summed E-state index contributed by atoms with van der Waals surface area (Å²) in [6, 6.07) is 15.7. The molecule has 0 spiro atoms. The van der Waals surface area contributed by atoms with Gasteiger partial charge in [0.15, 0.2) is 6.20 Å². The molecule has 0 unspecified atom stereocenters. The third-order valence-corrected chi connectivity index (χ3v) is 7.67. The van der Waals surface area contributed by atoms with Crippen LogP contribution in [0.3, 0.4) is 0 Å². The molecule has 1 saturated carbocycles. The quantitative estimate of drug-likeness (QED) is 0.239. The maximum absolute atomic E-state index is 9.16. The largest absolute Gasteiger partial charge is 0.338 e. The average Bonchev–Trinajstić information content (AvgIpc) is 3.17. The van der Waals surface area contributed by atoms with E-state index in [4.69, 9.17) is 9.60 Å². The second-order valence-electron chi connectivity index (χ2n) is 9.91. The summed E-state index contributed by atoms with van der Waals surface area (Å²) in [5.41, 5.74) is 5.80. The van der Waals surface area contributed by atoms with Crippen molar-refractivity contribution < 1.29 is 14.2 Å². The van der Waals surface area contributed by atoms with E-state index in [2.05, 4.69) is 34.9 Å². The summed E-state index contributed by atoms with van der Waals surface area (Å²) in [5.74, 6) is -0.580. The molecule has 1 aliphatic rings. The first kappa shape index (κ1) is 15.0. The molecule has 2 heteroatoms. The van der Waals surface area contributed by atoms with E-state index in [0.717, 1.165) is 75.3 Å². The number of benzene rings is 3. The van der Waals surface area contributed by atoms with Crippen molar-refractivity contribution in [3.63, 3.8) is 0 Å². The molecule has 0 N–H and O–H groups in total. The maximum atomic E-state index is 9.16. The summed E-state index contributed by atoms with van der Waals surface area (Å²) in [6.45, 7) is -2.65. The van der Waals surface area contributed by atoms with Gasteiger partial charge in [-0.25, -0.2) is 0 Å². The highest BCUT2D eigenvalue weighted by atomic mass is 15.0. The van der Waals surface area contributed by atoms with E-state index >= 15 is 0 Å². The van der Waals surface area contributed by atoms with Crippen molar-refractivity contribution in [3.05, 3.63) is 77.0 Å². The molecule has 1 aliphatic carbocycles. The minimum Gasteiger partial charge on any atom is -0.338 e. The van der Waals surface area contributed by atoms with Gasteiger partial charge in [-0.3, -0.25) is 0 Å². The Hall–Kier alpha value is -3.13. The smallest absolute Gasteiger partial charge is 0.237 e. The Labute approximate surface area is 212 Å². The van der Waals surface area contributed by atoms with E-state index < -0.39 is 19.6 Å². The van der Waals surface area contributed by atoms with Gasteiger partial charge in [0.1, 0.15) is 12.6 Å². The van der Waals surface area contributed by atoms with Crippen LogP contribution < -0.4 is 4.57 Å². The fourth-order valence-corrected chi connectivity index (χ4v) is 5.95. The summed E-state index contributed by atoms with van der Waals surface area (Å²) >= 11 is 0. The zero-order chi connectivity index (χ0) is 29.5. The lowest BCUT2D eigenvalue weighted by Crippen LogP contribution is -2.32. The van der Waals surface area contributed by atoms with Crippen LogP contribution in [0.25, 0.3) is 43.8 Å². The number of aromatic nitrogens is 2. The van der Waals surface area contributed by atoms with Crippen molar-refractivity contribution in [2.75, 3.05) is 0 Å². The van der Waals surface area contributed by atoms with E-state index in [9.17, 15) is 0 Å². The van der Waals surface area contributed by atoms with E-state index in [1.807, 2.05) is 31.7 Å². The van der Waals surface area contributed by atoms with Crippen molar-refractivity contribution in [2.45, 2.75) is 58.6 Å². The topological polar surface area (TPSA) is 8.81 Å². The molecule has 2 nitrogen and oxygen atoms in total. The van der Waals surface area contributed by atoms with E-state index in [-0.39, 0.29) is 11.1 Å². The van der Waals surface area contributed by atoms with Gasteiger partial charge in [-0.1, -0.05) is 55.2 Å². The summed E-state index contributed by atoms with van der Waals surface area (Å²) in [7, 11) is 3.81. The Kier molecular flexibility index (Phi) is 3.52. The average molecular weight is 455 g/mol. The summed E-state index contributed by atoms with van der Waals surface area (Å²) < 4.78 is 61.9. The lowest BCUT2D eigenvalue weighted by atomic mass is 9.83. The molecule has 0 radical (unpaired) electrons. The van der Waals surface area contributed by atoms with Crippen molar-refractivity contribution >= 4 is 32.6 Å². The van der Waals surface area contributed by atoms with Crippen molar-refractivity contribution in [2.24, 2.45) is 14.1 Å². The number of hydrogen-bond acceptors (Lipinski definition) is 0. The first-order valence-electron chi connectivity index (χ1n) is 15.7. The molecule has 5 aromatic rings. The molecule has 0 saturated heterocycles. The van der Waals surface area contributed by atoms with Crippen LogP contribution in [-0.2, 0) is 14.1 Å². The minimum absolute atomic E-state index is 0.279. The highest BCUT2D eigenvalue weighted by Gasteiger charge is 2.25. The monoisotopic (exact) mass is 454 g/mol. The first-order valence-corrected chi connectivity index (χ1v) is 12.2. The standard InChI is InChI=1S/C32H35N2/c1-20-11-14-27(21(2)15-20)31-32-30(22(3)19-33(31)4)28-17-26-16-24(23-9-7-6-8-10-23)12-13-25(26)18-29(28)34(32)5/h11-19,23H,6-10H2,1-5H3/q+1/i1D3,3D3,23D. The van der Waals surface area contributed by atoms with Crippen LogP contribution in [0.4, 0.5) is 0 Å². The summed E-state index contributed by atoms with van der Waals surface area (Å²) in [4.78, 5) is 0. The zero-order valence-corrected chi connectivity index (χ0v) is 20.1. The second kappa shape index (κ2) is 7.98. The van der Waals surface area contributed by atoms with Crippen LogP contribution in [0.2, 0.25) is 0 Å². The molecular formula is C32H35N2+. The molecule has 2 heterocycles. The van der Waals surface area contributed by atoms with Crippen molar-refractivity contribution in [3.8, 4) is 11.3 Å². The van der Waals surface area contributed by atoms with Gasteiger partial charge in [-0.2, -0.15) is 4.57 Å². The van der Waals surface area contributed by atoms with Crippen LogP contribution in [0.15, 0.2) is 54.7 Å². The second-order valence-corrected chi connectivity index (χ2v) is 9.91. The van der Waals surface area contributed by atoms with E-state index in [0.29, 0.717) is 5.39 Å². The summed E-state index contributed by atoms with van der Waals surface area (Å²) in [6.07, 6.45) is 6.73. The highest BCUT2D eigenvalue weighted by Crippen LogP contribution is 2.39. The predicted molar refractivity (Wildman–Crippen MR) is 145 cm³/mol. The van der Waals surface area contributed by atoms with Crippen molar-refractivity contribution in [1.82, 2.24) is 4.57 Å². The van der Waals surface area contributed by atoms with E-state index in [1.165, 1.54) is 6.42 Å². The zero-order valence-electron chi connectivity index (χ0n) is 27.1. The molecule has 172 valence electrons. The van der Waals surface area contributed by atoms with Gasteiger partial charge in [0.25, 0.3) is 0 Å². The fraction of sp³-hybridized carbons (Fsp3) is 0.344. The van der Waals surface area contributed by atoms with Gasteiger partial charge in [0.05, 0.1) is 5.56 Å². The predicted octanol–water partition coefficient (Wildman–Crippen LogP) is 7.95. The first-order chi connectivity index (χ1) is 19.2. The van der Waals surface area contributed by atoms with E-state index in [1.54, 1.807) is 18.3 Å². The molecule has 0 aliphatic heterocycles. The Morgan fingerprint density at radius 1 is 0.941 bits per heavy atom. The fourth-order valence-electron chi connectivity index (χ4n) is 5.95. The Morgan fingerprint density at radius 2 is 1.79 bits per heavy atom. The number of aryl methyl sites for hydroxylation is 5. The van der Waals surface area contributed by atoms with Gasteiger partial charge in [0, 0.05) is 38.5 Å². The molecular weight excluding hydrogens is 412 g/mol. The third-order valence-electron chi connectivity index (χ3n) is 7.67. The SMILES string of the molecule is [2H]C([2H])([2H])c1ccc(-c2c3c(c(C([2H])([2H])[2H])c[n+]2C)c2cc4cc(C5([2H])CCCCC5)ccc4cc2n3C)c(C)c1. The number of hydrogen-bond donors (Lipinski definition) is 0. The molecule has 1 fully saturated rings. The molecule has 2 aromatic heterocycles. The number of nitrogens with zero attached hydrogens (tertiary/aromatic N) is 2. The summed E-state index contributed by atoms with van der Waals surface area (Å²) in [5, 5.41) is 3.59. The van der Waals surface area contributed by atoms with Crippen LogP contribution in [0, 0.1) is 20.6 Å². The van der Waals surface area contributed by atoms with Gasteiger partial charge >= 0.3 is 0 Å². The minimum atomic E-state index is -2.34. The van der Waals surface area contributed by atoms with Crippen LogP contribution >= 0.6 is 0 Å². The third kappa shape index (κ3) is 3.27. The molecule has 0 atom stereocenters. The molecule has 6 rings (SSSR count). The molecule has 0 amide bonds. The normalized spacial score (nSPS) is 19.8. The maximum Gasteiger partial charge on any atom is 0.237 e. The Balaban J connectivity index is 1.68. The Morgan fingerprint density at radius 3 is 2.56 bits per heavy atom. The van der Waals surface area contributed by atoms with Crippen LogP contribution in [-0.4, -0.2) is 4.57 Å². The Bertz CT molecular complexity index is 1840. The van der Waals surface area contributed by atoms with Crippen LogP contribution in [0.5, 0.6) is 0 Å². The van der Waals surface area contributed by atoms with Gasteiger partial charge in [0.2, 0.25) is 5.69 Å². The van der Waals surface area contributed by atoms with Gasteiger partial charge in [-0.05, 0) is 79.5 Å². The number of pyridine rings is 1. The lowest BCUT2D eigenvalue weighted by Gasteiger charge is -2.22. The molecule has 34 heavy (non-hydrogen) atoms. The molecule has 0 bridgehead atoms.